The first-order chi connectivity index (χ1) is 14.8. The van der Waals surface area contributed by atoms with Crippen molar-refractivity contribution in [2.75, 3.05) is 0 Å². The van der Waals surface area contributed by atoms with Gasteiger partial charge in [0.2, 0.25) is 0 Å². The lowest BCUT2D eigenvalue weighted by Crippen LogP contribution is -2.33. The summed E-state index contributed by atoms with van der Waals surface area (Å²) in [5.74, 6) is 0.787. The van der Waals surface area contributed by atoms with Gasteiger partial charge in [0.15, 0.2) is 0 Å². The van der Waals surface area contributed by atoms with Crippen LogP contribution in [0.5, 0.6) is 0 Å². The molecule has 1 heterocycles. The van der Waals surface area contributed by atoms with Crippen molar-refractivity contribution < 1.29 is 0 Å². The highest BCUT2D eigenvalue weighted by Gasteiger charge is 2.38. The van der Waals surface area contributed by atoms with E-state index in [9.17, 15) is 0 Å². The van der Waals surface area contributed by atoms with E-state index in [1.54, 1.807) is 0 Å². The summed E-state index contributed by atoms with van der Waals surface area (Å²) >= 11 is 0. The third-order valence-corrected chi connectivity index (χ3v) is 6.24. The molecule has 0 unspecified atom stereocenters. The average molecular weight is 409 g/mol. The Balaban J connectivity index is 2.00. The van der Waals surface area contributed by atoms with Gasteiger partial charge in [-0.1, -0.05) is 94.4 Å². The number of benzene rings is 3. The van der Waals surface area contributed by atoms with E-state index < -0.39 is 0 Å². The Kier molecular flexibility index (Phi) is 5.66. The van der Waals surface area contributed by atoms with Crippen molar-refractivity contribution in [3.8, 4) is 0 Å². The van der Waals surface area contributed by atoms with E-state index in [2.05, 4.69) is 114 Å². The molecule has 0 aliphatic carbocycles. The van der Waals surface area contributed by atoms with Crippen LogP contribution in [0.3, 0.4) is 0 Å². The van der Waals surface area contributed by atoms with Gasteiger partial charge >= 0.3 is 0 Å². The molecule has 1 aliphatic rings. The zero-order valence-electron chi connectivity index (χ0n) is 19.5. The predicted octanol–water partition coefficient (Wildman–Crippen LogP) is 8.12. The van der Waals surface area contributed by atoms with Crippen molar-refractivity contribution in [3.05, 3.63) is 95.1 Å². The van der Waals surface area contributed by atoms with Crippen LogP contribution in [0.4, 0.5) is 11.4 Å². The molecule has 2 nitrogen and oxygen atoms in total. The summed E-state index contributed by atoms with van der Waals surface area (Å²) in [5, 5.41) is 0. The summed E-state index contributed by atoms with van der Waals surface area (Å²) in [4.78, 5) is 10.5. The third kappa shape index (κ3) is 3.87. The van der Waals surface area contributed by atoms with Crippen molar-refractivity contribution in [2.24, 2.45) is 9.98 Å². The second-order valence-corrected chi connectivity index (χ2v) is 9.52. The zero-order chi connectivity index (χ0) is 22.2. The van der Waals surface area contributed by atoms with Gasteiger partial charge in [0, 0.05) is 11.0 Å². The molecule has 31 heavy (non-hydrogen) atoms. The quantitative estimate of drug-likeness (QED) is 0.381. The summed E-state index contributed by atoms with van der Waals surface area (Å²) in [6.45, 7) is 13.5. The fourth-order valence-corrected chi connectivity index (χ4v) is 4.44. The highest BCUT2D eigenvalue weighted by atomic mass is 14.9. The lowest BCUT2D eigenvalue weighted by molar-refractivity contribution is 0.743. The monoisotopic (exact) mass is 408 g/mol. The molecule has 0 amide bonds. The predicted molar refractivity (Wildman–Crippen MR) is 134 cm³/mol. The van der Waals surface area contributed by atoms with Gasteiger partial charge in [0.25, 0.3) is 0 Å². The molecule has 0 atom stereocenters. The molecular weight excluding hydrogens is 376 g/mol. The Bertz CT molecular complexity index is 1120. The molecule has 158 valence electrons. The van der Waals surface area contributed by atoms with Gasteiger partial charge in [0.05, 0.1) is 22.8 Å². The number of rotatable bonds is 5. The number of aliphatic imine (C=N–C) groups is 2. The van der Waals surface area contributed by atoms with Crippen LogP contribution < -0.4 is 0 Å². The highest BCUT2D eigenvalue weighted by Crippen LogP contribution is 2.42. The Morgan fingerprint density at radius 2 is 1.32 bits per heavy atom. The summed E-state index contributed by atoms with van der Waals surface area (Å²) in [6.07, 6.45) is 0. The van der Waals surface area contributed by atoms with E-state index in [-0.39, 0.29) is 5.41 Å². The SMILES string of the molecule is CC(C)c1cccc(C(C)C)c1/N=C(/C1=Nc2ccccc2C1(C)C)c1ccccc1. The van der Waals surface area contributed by atoms with Crippen molar-refractivity contribution in [1.82, 2.24) is 0 Å². The first kappa shape index (κ1) is 21.2. The van der Waals surface area contributed by atoms with Gasteiger partial charge < -0.3 is 0 Å². The van der Waals surface area contributed by atoms with Gasteiger partial charge in [-0.25, -0.2) is 9.98 Å². The Morgan fingerprint density at radius 3 is 1.90 bits per heavy atom. The molecule has 0 saturated heterocycles. The summed E-state index contributed by atoms with van der Waals surface area (Å²) in [5.41, 5.74) is 8.88. The van der Waals surface area contributed by atoms with Crippen molar-refractivity contribution in [3.63, 3.8) is 0 Å². The molecule has 0 aromatic heterocycles. The number of fused-ring (bicyclic) bond motifs is 1. The van der Waals surface area contributed by atoms with E-state index in [1.165, 1.54) is 16.7 Å². The lowest BCUT2D eigenvalue weighted by Gasteiger charge is -2.25. The van der Waals surface area contributed by atoms with Gasteiger partial charge in [-0.05, 0) is 48.4 Å². The number of nitrogens with zero attached hydrogens (tertiary/aromatic N) is 2. The van der Waals surface area contributed by atoms with Crippen molar-refractivity contribution >= 4 is 22.8 Å². The summed E-state index contributed by atoms with van der Waals surface area (Å²) < 4.78 is 0. The van der Waals surface area contributed by atoms with E-state index in [4.69, 9.17) is 9.98 Å². The highest BCUT2D eigenvalue weighted by molar-refractivity contribution is 6.52. The van der Waals surface area contributed by atoms with Crippen LogP contribution in [-0.2, 0) is 5.41 Å². The molecule has 3 aromatic carbocycles. The molecule has 3 aromatic rings. The Labute approximate surface area is 186 Å². The third-order valence-electron chi connectivity index (χ3n) is 6.24. The summed E-state index contributed by atoms with van der Waals surface area (Å²) in [6, 6.07) is 25.6. The van der Waals surface area contributed by atoms with E-state index in [0.717, 1.165) is 28.4 Å². The molecule has 0 N–H and O–H groups in total. The fraction of sp³-hybridized carbons (Fsp3) is 0.310. The maximum Gasteiger partial charge on any atom is 0.0933 e. The second kappa shape index (κ2) is 8.26. The number of hydrogen-bond acceptors (Lipinski definition) is 2. The van der Waals surface area contributed by atoms with E-state index in [0.29, 0.717) is 11.8 Å². The van der Waals surface area contributed by atoms with Crippen molar-refractivity contribution in [2.45, 2.75) is 58.8 Å². The zero-order valence-corrected chi connectivity index (χ0v) is 19.5. The van der Waals surface area contributed by atoms with Crippen LogP contribution in [0.2, 0.25) is 0 Å². The second-order valence-electron chi connectivity index (χ2n) is 9.52. The molecule has 2 heteroatoms. The smallest absolute Gasteiger partial charge is 0.0933 e. The summed E-state index contributed by atoms with van der Waals surface area (Å²) in [7, 11) is 0. The van der Waals surface area contributed by atoms with Crippen LogP contribution in [0.25, 0.3) is 0 Å². The Morgan fingerprint density at radius 1 is 0.742 bits per heavy atom. The molecule has 0 saturated carbocycles. The van der Waals surface area contributed by atoms with Gasteiger partial charge in [-0.15, -0.1) is 0 Å². The average Bonchev–Trinajstić information content (AvgIpc) is 3.03. The molecule has 1 aliphatic heterocycles. The first-order valence-corrected chi connectivity index (χ1v) is 11.3. The van der Waals surface area contributed by atoms with E-state index in [1.807, 2.05) is 0 Å². The first-order valence-electron chi connectivity index (χ1n) is 11.3. The minimum Gasteiger partial charge on any atom is -0.250 e. The minimum atomic E-state index is -0.212. The normalized spacial score (nSPS) is 15.4. The standard InChI is InChI=1S/C29H32N2/c1-19(2)22-15-12-16-23(20(3)4)27(22)31-26(21-13-8-7-9-14-21)28-29(5,6)24-17-10-11-18-25(24)30-28/h7-20H,1-6H3/b31-26+. The molecule has 0 bridgehead atoms. The maximum absolute atomic E-state index is 5.42. The molecule has 4 rings (SSSR count). The van der Waals surface area contributed by atoms with Crippen LogP contribution in [0.15, 0.2) is 82.8 Å². The maximum atomic E-state index is 5.42. The number of para-hydroxylation sites is 2. The van der Waals surface area contributed by atoms with Crippen LogP contribution in [0, 0.1) is 0 Å². The van der Waals surface area contributed by atoms with Crippen molar-refractivity contribution in [1.29, 1.82) is 0 Å². The van der Waals surface area contributed by atoms with Crippen LogP contribution >= 0.6 is 0 Å². The molecule has 0 radical (unpaired) electrons. The fourth-order valence-electron chi connectivity index (χ4n) is 4.44. The molecule has 0 fully saturated rings. The van der Waals surface area contributed by atoms with Gasteiger partial charge in [-0.2, -0.15) is 0 Å². The van der Waals surface area contributed by atoms with Crippen LogP contribution in [0.1, 0.15) is 75.6 Å². The number of hydrogen-bond donors (Lipinski definition) is 0. The topological polar surface area (TPSA) is 24.7 Å². The largest absolute Gasteiger partial charge is 0.250 e. The Hall–Kier alpha value is -3.00. The molecular formula is C29H32N2. The van der Waals surface area contributed by atoms with Gasteiger partial charge in [0.1, 0.15) is 0 Å². The minimum absolute atomic E-state index is 0.212. The van der Waals surface area contributed by atoms with E-state index >= 15 is 0 Å². The van der Waals surface area contributed by atoms with Gasteiger partial charge in [-0.3, -0.25) is 0 Å². The molecule has 0 spiro atoms. The lowest BCUT2D eigenvalue weighted by atomic mass is 9.78. The van der Waals surface area contributed by atoms with Crippen LogP contribution in [-0.4, -0.2) is 11.4 Å².